The van der Waals surface area contributed by atoms with Gasteiger partial charge in [-0.1, -0.05) is 6.07 Å². The molecule has 2 aromatic rings. The maximum atomic E-state index is 13.5. The molecule has 2 rings (SSSR count). The van der Waals surface area contributed by atoms with E-state index in [0.29, 0.717) is 5.56 Å². The fraction of sp³-hybridized carbons (Fsp3) is 0.308. The minimum atomic E-state index is -0.198. The van der Waals surface area contributed by atoms with Crippen LogP contribution in [0, 0.1) is 19.7 Å². The van der Waals surface area contributed by atoms with Gasteiger partial charge in [-0.2, -0.15) is 0 Å². The molecule has 0 atom stereocenters. The molecule has 4 heteroatoms. The molecule has 0 aliphatic carbocycles. The van der Waals surface area contributed by atoms with Gasteiger partial charge in [0.1, 0.15) is 5.82 Å². The molecule has 0 aliphatic rings. The summed E-state index contributed by atoms with van der Waals surface area (Å²) in [5.74, 6) is 0.546. The Kier molecular flexibility index (Phi) is 3.13. The Morgan fingerprint density at radius 1 is 1.35 bits per heavy atom. The van der Waals surface area contributed by atoms with Crippen molar-refractivity contribution in [1.82, 2.24) is 9.55 Å². The van der Waals surface area contributed by atoms with Crippen LogP contribution >= 0.6 is 0 Å². The van der Waals surface area contributed by atoms with Crippen LogP contribution in [-0.4, -0.2) is 16.1 Å². The first-order valence-corrected chi connectivity index (χ1v) is 5.68. The predicted octanol–water partition coefficient (Wildman–Crippen LogP) is 3.06. The standard InChI is InChI=1S/C13H16FN3/c1-4-15-13-16-10(3)8-17(13)11-6-5-9(2)12(14)7-11/h5-8H,4H2,1-3H3,(H,15,16). The van der Waals surface area contributed by atoms with Crippen molar-refractivity contribution in [2.45, 2.75) is 20.8 Å². The maximum absolute atomic E-state index is 13.5. The number of rotatable bonds is 3. The van der Waals surface area contributed by atoms with Crippen LogP contribution in [0.25, 0.3) is 5.69 Å². The Morgan fingerprint density at radius 3 is 2.76 bits per heavy atom. The van der Waals surface area contributed by atoms with Gasteiger partial charge in [0.05, 0.1) is 11.4 Å². The highest BCUT2D eigenvalue weighted by atomic mass is 19.1. The normalized spacial score (nSPS) is 10.6. The van der Waals surface area contributed by atoms with Gasteiger partial charge in [0.15, 0.2) is 0 Å². The number of nitrogens with one attached hydrogen (secondary N) is 1. The number of aromatic nitrogens is 2. The molecule has 0 saturated heterocycles. The Balaban J connectivity index is 2.47. The molecule has 0 radical (unpaired) electrons. The largest absolute Gasteiger partial charge is 0.356 e. The second-order valence-corrected chi connectivity index (χ2v) is 4.04. The Morgan fingerprint density at radius 2 is 2.12 bits per heavy atom. The molecule has 17 heavy (non-hydrogen) atoms. The van der Waals surface area contributed by atoms with E-state index < -0.39 is 0 Å². The summed E-state index contributed by atoms with van der Waals surface area (Å²) in [6.07, 6.45) is 1.89. The molecule has 1 heterocycles. The van der Waals surface area contributed by atoms with Crippen LogP contribution in [0.5, 0.6) is 0 Å². The zero-order valence-electron chi connectivity index (χ0n) is 10.3. The summed E-state index contributed by atoms with van der Waals surface area (Å²) in [6, 6.07) is 5.19. The smallest absolute Gasteiger partial charge is 0.207 e. The van der Waals surface area contributed by atoms with Crippen LogP contribution in [0.4, 0.5) is 10.3 Å². The zero-order valence-corrected chi connectivity index (χ0v) is 10.3. The molecule has 0 aliphatic heterocycles. The minimum Gasteiger partial charge on any atom is -0.356 e. The molecule has 1 aromatic heterocycles. The first kappa shape index (κ1) is 11.6. The topological polar surface area (TPSA) is 29.9 Å². The number of nitrogens with zero attached hydrogens (tertiary/aromatic N) is 2. The van der Waals surface area contributed by atoms with Crippen molar-refractivity contribution < 1.29 is 4.39 Å². The van der Waals surface area contributed by atoms with Gasteiger partial charge < -0.3 is 5.32 Å². The van der Waals surface area contributed by atoms with Crippen molar-refractivity contribution in [3.05, 3.63) is 41.5 Å². The summed E-state index contributed by atoms with van der Waals surface area (Å²) in [7, 11) is 0. The second-order valence-electron chi connectivity index (χ2n) is 4.04. The Bertz CT molecular complexity index is 531. The van der Waals surface area contributed by atoms with Gasteiger partial charge in [-0.05, 0) is 38.5 Å². The molecule has 90 valence electrons. The number of anilines is 1. The van der Waals surface area contributed by atoms with E-state index in [-0.39, 0.29) is 5.82 Å². The van der Waals surface area contributed by atoms with Gasteiger partial charge in [0.2, 0.25) is 5.95 Å². The molecule has 0 spiro atoms. The molecule has 0 amide bonds. The summed E-state index contributed by atoms with van der Waals surface area (Å²) in [5.41, 5.74) is 2.34. The van der Waals surface area contributed by atoms with E-state index in [1.165, 1.54) is 6.07 Å². The van der Waals surface area contributed by atoms with Crippen molar-refractivity contribution in [1.29, 1.82) is 0 Å². The molecule has 0 saturated carbocycles. The number of hydrogen-bond donors (Lipinski definition) is 1. The van der Waals surface area contributed by atoms with E-state index >= 15 is 0 Å². The quantitative estimate of drug-likeness (QED) is 0.883. The van der Waals surface area contributed by atoms with Crippen LogP contribution in [0.15, 0.2) is 24.4 Å². The number of halogens is 1. The van der Waals surface area contributed by atoms with E-state index in [2.05, 4.69) is 10.3 Å². The lowest BCUT2D eigenvalue weighted by Crippen LogP contribution is -2.05. The monoisotopic (exact) mass is 233 g/mol. The first-order valence-electron chi connectivity index (χ1n) is 5.68. The van der Waals surface area contributed by atoms with Crippen molar-refractivity contribution in [3.63, 3.8) is 0 Å². The molecule has 0 fully saturated rings. The summed E-state index contributed by atoms with van der Waals surface area (Å²) in [6.45, 7) is 6.46. The Hall–Kier alpha value is -1.84. The highest BCUT2D eigenvalue weighted by Crippen LogP contribution is 2.18. The summed E-state index contributed by atoms with van der Waals surface area (Å²) in [5, 5.41) is 3.16. The van der Waals surface area contributed by atoms with E-state index in [9.17, 15) is 4.39 Å². The van der Waals surface area contributed by atoms with Crippen LogP contribution < -0.4 is 5.32 Å². The summed E-state index contributed by atoms with van der Waals surface area (Å²) in [4.78, 5) is 4.36. The first-order chi connectivity index (χ1) is 8.11. The number of imidazole rings is 1. The van der Waals surface area contributed by atoms with E-state index in [1.807, 2.05) is 30.7 Å². The van der Waals surface area contributed by atoms with Crippen LogP contribution in [0.1, 0.15) is 18.2 Å². The zero-order chi connectivity index (χ0) is 12.4. The lowest BCUT2D eigenvalue weighted by Gasteiger charge is -2.09. The van der Waals surface area contributed by atoms with E-state index in [0.717, 1.165) is 23.9 Å². The fourth-order valence-corrected chi connectivity index (χ4v) is 1.71. The van der Waals surface area contributed by atoms with E-state index in [1.54, 1.807) is 13.0 Å². The molecule has 1 aromatic carbocycles. The van der Waals surface area contributed by atoms with E-state index in [4.69, 9.17) is 0 Å². The van der Waals surface area contributed by atoms with Crippen LogP contribution in [0.2, 0.25) is 0 Å². The highest BCUT2D eigenvalue weighted by Gasteiger charge is 2.08. The van der Waals surface area contributed by atoms with Gasteiger partial charge in [0.25, 0.3) is 0 Å². The van der Waals surface area contributed by atoms with Crippen LogP contribution in [-0.2, 0) is 0 Å². The molecule has 3 nitrogen and oxygen atoms in total. The van der Waals surface area contributed by atoms with Gasteiger partial charge in [0, 0.05) is 12.7 Å². The van der Waals surface area contributed by atoms with Gasteiger partial charge in [-0.15, -0.1) is 0 Å². The number of aryl methyl sites for hydroxylation is 2. The van der Waals surface area contributed by atoms with Crippen LogP contribution in [0.3, 0.4) is 0 Å². The molecule has 1 N–H and O–H groups in total. The third-order valence-corrected chi connectivity index (χ3v) is 2.59. The third-order valence-electron chi connectivity index (χ3n) is 2.59. The SMILES string of the molecule is CCNc1nc(C)cn1-c1ccc(C)c(F)c1. The lowest BCUT2D eigenvalue weighted by atomic mass is 10.2. The van der Waals surface area contributed by atoms with Crippen molar-refractivity contribution in [2.75, 3.05) is 11.9 Å². The summed E-state index contributed by atoms with van der Waals surface area (Å²) >= 11 is 0. The highest BCUT2D eigenvalue weighted by molar-refractivity contribution is 5.44. The van der Waals surface area contributed by atoms with Gasteiger partial charge in [-0.25, -0.2) is 9.37 Å². The molecular formula is C13H16FN3. The molecule has 0 unspecified atom stereocenters. The molecule has 0 bridgehead atoms. The number of hydrogen-bond acceptors (Lipinski definition) is 2. The predicted molar refractivity (Wildman–Crippen MR) is 67.2 cm³/mol. The van der Waals surface area contributed by atoms with Crippen molar-refractivity contribution >= 4 is 5.95 Å². The van der Waals surface area contributed by atoms with Crippen molar-refractivity contribution in [2.24, 2.45) is 0 Å². The minimum absolute atomic E-state index is 0.198. The average Bonchev–Trinajstić information content (AvgIpc) is 2.64. The number of benzene rings is 1. The second kappa shape index (κ2) is 4.57. The maximum Gasteiger partial charge on any atom is 0.207 e. The summed E-state index contributed by atoms with van der Waals surface area (Å²) < 4.78 is 15.4. The van der Waals surface area contributed by atoms with Crippen molar-refractivity contribution in [3.8, 4) is 5.69 Å². The van der Waals surface area contributed by atoms with Gasteiger partial charge >= 0.3 is 0 Å². The Labute approximate surface area is 100 Å². The lowest BCUT2D eigenvalue weighted by molar-refractivity contribution is 0.617. The van der Waals surface area contributed by atoms with Gasteiger partial charge in [-0.3, -0.25) is 4.57 Å². The third kappa shape index (κ3) is 2.30. The fourth-order valence-electron chi connectivity index (χ4n) is 1.71. The average molecular weight is 233 g/mol. The molecular weight excluding hydrogens is 217 g/mol.